The number of rotatable bonds is 9. The zero-order valence-corrected chi connectivity index (χ0v) is 25.0. The highest BCUT2D eigenvalue weighted by Gasteiger charge is 2.39. The second-order valence-corrected chi connectivity index (χ2v) is 13.8. The standard InChI is InChI=1S/C24H38B6N6O3/c1-11(20(38)33-15-9-14(35-39-15)10-22(2,3)4)12-5-7-13(8-6-12)17-16(19(32)37)18(31)36(34-17)21(23(25,26)27)24(28,29)30/h5-9,11,21H,10,25-31H2,1-4H3,(H2,32,37)(H,33,38). The molecule has 0 spiro atoms. The van der Waals surface area contributed by atoms with Crippen molar-refractivity contribution in [3.63, 3.8) is 0 Å². The first-order valence-corrected chi connectivity index (χ1v) is 13.3. The Balaban J connectivity index is 1.88. The third-order valence-electron chi connectivity index (χ3n) is 6.67. The van der Waals surface area contributed by atoms with Gasteiger partial charge in [-0.15, -0.1) is 0 Å². The number of nitrogens with one attached hydrogen (secondary N) is 1. The predicted octanol–water partition coefficient (Wildman–Crippen LogP) is -1.96. The van der Waals surface area contributed by atoms with Crippen LogP contribution in [0.4, 0.5) is 11.7 Å². The molecule has 2 heterocycles. The van der Waals surface area contributed by atoms with Crippen LogP contribution in [0.2, 0.25) is 10.2 Å². The van der Waals surface area contributed by atoms with Crippen molar-refractivity contribution in [2.75, 3.05) is 11.1 Å². The van der Waals surface area contributed by atoms with Crippen LogP contribution in [0.1, 0.15) is 61.3 Å². The maximum atomic E-state index is 12.9. The highest BCUT2D eigenvalue weighted by atomic mass is 16.5. The molecular weight excluding hydrogens is 485 g/mol. The zero-order valence-electron chi connectivity index (χ0n) is 25.0. The molecule has 0 fully saturated rings. The van der Waals surface area contributed by atoms with Gasteiger partial charge in [0.05, 0.1) is 58.7 Å². The first-order chi connectivity index (χ1) is 17.8. The average Bonchev–Trinajstić information content (AvgIpc) is 3.34. The van der Waals surface area contributed by atoms with E-state index in [1.54, 1.807) is 10.7 Å². The van der Waals surface area contributed by atoms with Crippen LogP contribution in [0.3, 0.4) is 0 Å². The molecule has 3 rings (SSSR count). The highest BCUT2D eigenvalue weighted by molar-refractivity contribution is 6.64. The molecule has 0 aliphatic heterocycles. The topological polar surface area (TPSA) is 142 Å². The Morgan fingerprint density at radius 2 is 1.62 bits per heavy atom. The molecule has 9 nitrogen and oxygen atoms in total. The molecule has 0 radical (unpaired) electrons. The van der Waals surface area contributed by atoms with Gasteiger partial charge in [-0.25, -0.2) is 4.68 Å². The van der Waals surface area contributed by atoms with Gasteiger partial charge in [0.25, 0.3) is 5.91 Å². The molecule has 1 atom stereocenters. The lowest BCUT2D eigenvalue weighted by molar-refractivity contribution is -0.117. The van der Waals surface area contributed by atoms with Crippen LogP contribution in [-0.4, -0.2) is 73.8 Å². The number of anilines is 2. The van der Waals surface area contributed by atoms with Gasteiger partial charge in [0.2, 0.25) is 11.8 Å². The van der Waals surface area contributed by atoms with Crippen molar-refractivity contribution in [3.8, 4) is 11.3 Å². The van der Waals surface area contributed by atoms with Crippen molar-refractivity contribution in [1.29, 1.82) is 0 Å². The van der Waals surface area contributed by atoms with Gasteiger partial charge < -0.3 is 16.0 Å². The molecule has 15 heteroatoms. The van der Waals surface area contributed by atoms with E-state index in [-0.39, 0.29) is 39.0 Å². The zero-order chi connectivity index (χ0) is 29.5. The highest BCUT2D eigenvalue weighted by Crippen LogP contribution is 2.45. The molecule has 0 aliphatic carbocycles. The van der Waals surface area contributed by atoms with Gasteiger partial charge in [0, 0.05) is 17.7 Å². The second kappa shape index (κ2) is 10.7. The van der Waals surface area contributed by atoms with E-state index >= 15 is 0 Å². The minimum absolute atomic E-state index is 0.0580. The van der Waals surface area contributed by atoms with Gasteiger partial charge in [-0.05, 0) is 24.3 Å². The van der Waals surface area contributed by atoms with Crippen molar-refractivity contribution in [2.24, 2.45) is 11.1 Å². The number of carbonyl (C=O) groups is 2. The Kier molecular flexibility index (Phi) is 8.35. The first-order valence-electron chi connectivity index (χ1n) is 13.3. The number of carbonyl (C=O) groups excluding carboxylic acids is 2. The van der Waals surface area contributed by atoms with Crippen molar-refractivity contribution in [1.82, 2.24) is 14.9 Å². The van der Waals surface area contributed by atoms with Crippen molar-refractivity contribution in [3.05, 3.63) is 47.2 Å². The Morgan fingerprint density at radius 1 is 1.05 bits per heavy atom. The van der Waals surface area contributed by atoms with E-state index in [0.717, 1.165) is 17.7 Å². The van der Waals surface area contributed by atoms with Gasteiger partial charge in [-0.1, -0.05) is 60.4 Å². The maximum absolute atomic E-state index is 12.9. The number of nitrogens with two attached hydrogens (primary N) is 2. The second-order valence-electron chi connectivity index (χ2n) is 13.8. The van der Waals surface area contributed by atoms with Crippen LogP contribution >= 0.6 is 0 Å². The summed E-state index contributed by atoms with van der Waals surface area (Å²) in [5, 5.41) is 11.3. The first kappa shape index (κ1) is 30.3. The van der Waals surface area contributed by atoms with Crippen molar-refractivity contribution >= 4 is 70.6 Å². The van der Waals surface area contributed by atoms with Crippen LogP contribution < -0.4 is 16.8 Å². The number of primary amides is 1. The van der Waals surface area contributed by atoms with Gasteiger partial charge >= 0.3 is 0 Å². The molecule has 0 aliphatic rings. The number of nitrogen functional groups attached to an aromatic ring is 1. The number of nitrogens with zero attached hydrogens (tertiary/aromatic N) is 3. The summed E-state index contributed by atoms with van der Waals surface area (Å²) in [6.07, 6.45) is 0.739. The number of aromatic nitrogens is 3. The summed E-state index contributed by atoms with van der Waals surface area (Å²) in [5.74, 6) is -0.737. The quantitative estimate of drug-likeness (QED) is 0.278. The lowest BCUT2D eigenvalue weighted by Crippen LogP contribution is -2.40. The van der Waals surface area contributed by atoms with Crippen LogP contribution in [0.15, 0.2) is 34.9 Å². The molecule has 1 aromatic carbocycles. The van der Waals surface area contributed by atoms with Crippen LogP contribution in [-0.2, 0) is 11.2 Å². The normalized spacial score (nSPS) is 13.4. The molecule has 200 valence electrons. The van der Waals surface area contributed by atoms with E-state index in [1.807, 2.05) is 31.2 Å². The number of amides is 2. The third-order valence-corrected chi connectivity index (χ3v) is 6.67. The largest absolute Gasteiger partial charge is 0.383 e. The summed E-state index contributed by atoms with van der Waals surface area (Å²) in [4.78, 5) is 25.4. The molecule has 39 heavy (non-hydrogen) atoms. The fraction of sp³-hybridized carbons (Fsp3) is 0.417. The summed E-state index contributed by atoms with van der Waals surface area (Å²) in [7, 11) is 12.7. The minimum atomic E-state index is -0.634. The summed E-state index contributed by atoms with van der Waals surface area (Å²) in [6.45, 7) is 8.16. The molecule has 0 bridgehead atoms. The summed E-state index contributed by atoms with van der Waals surface area (Å²) in [6, 6.07) is 9.01. The summed E-state index contributed by atoms with van der Waals surface area (Å²) < 4.78 is 7.05. The number of hydrogen-bond donors (Lipinski definition) is 3. The predicted molar refractivity (Wildman–Crippen MR) is 173 cm³/mol. The smallest absolute Gasteiger partial charge is 0.254 e. The van der Waals surface area contributed by atoms with Gasteiger partial charge in [-0.3, -0.25) is 14.9 Å². The summed E-state index contributed by atoms with van der Waals surface area (Å²) in [5.41, 5.74) is 15.2. The number of benzene rings is 1. The molecule has 2 aromatic heterocycles. The van der Waals surface area contributed by atoms with Crippen molar-refractivity contribution in [2.45, 2.75) is 56.3 Å². The van der Waals surface area contributed by atoms with E-state index in [0.29, 0.717) is 17.1 Å². The lowest BCUT2D eigenvalue weighted by Gasteiger charge is -2.42. The Hall–Kier alpha value is -3.23. The van der Waals surface area contributed by atoms with E-state index in [2.05, 4.69) is 78.3 Å². The molecule has 1 unspecified atom stereocenters. The van der Waals surface area contributed by atoms with Gasteiger partial charge in [0.1, 0.15) is 17.1 Å². The van der Waals surface area contributed by atoms with Gasteiger partial charge in [-0.2, -0.15) is 5.10 Å². The Morgan fingerprint density at radius 3 is 2.10 bits per heavy atom. The molecule has 5 N–H and O–H groups in total. The van der Waals surface area contributed by atoms with Crippen LogP contribution in [0.5, 0.6) is 0 Å². The molecule has 3 aromatic rings. The van der Waals surface area contributed by atoms with E-state index in [1.165, 1.54) is 0 Å². The van der Waals surface area contributed by atoms with Gasteiger partial charge in [0.15, 0.2) is 0 Å². The van der Waals surface area contributed by atoms with Crippen molar-refractivity contribution < 1.29 is 14.1 Å². The number of hydrogen-bond acceptors (Lipinski definition) is 6. The SMILES string of the molecule is BC(B)(B)C(n1nc(-c2ccc(C(C)C(=O)Nc3cc(CC(C)(C)C)no3)cc2)c(C(N)=O)c1N)C(B)(B)B. The fourth-order valence-corrected chi connectivity index (χ4v) is 5.43. The Labute approximate surface area is 236 Å². The third kappa shape index (κ3) is 7.05. The minimum Gasteiger partial charge on any atom is -0.383 e. The lowest BCUT2D eigenvalue weighted by atomic mass is 9.27. The molecule has 2 amide bonds. The Bertz CT molecular complexity index is 1340. The average molecular weight is 523 g/mol. The molecule has 0 saturated carbocycles. The summed E-state index contributed by atoms with van der Waals surface area (Å²) >= 11 is 0. The van der Waals surface area contributed by atoms with E-state index in [4.69, 9.17) is 21.1 Å². The van der Waals surface area contributed by atoms with Crippen LogP contribution in [0.25, 0.3) is 11.3 Å². The maximum Gasteiger partial charge on any atom is 0.254 e. The fourth-order valence-electron chi connectivity index (χ4n) is 5.43. The molecular formula is C24H38B6N6O3. The van der Waals surface area contributed by atoms with E-state index in [9.17, 15) is 9.59 Å². The molecule has 0 saturated heterocycles. The van der Waals surface area contributed by atoms with E-state index < -0.39 is 11.8 Å². The monoisotopic (exact) mass is 524 g/mol. The van der Waals surface area contributed by atoms with Crippen LogP contribution in [0, 0.1) is 5.41 Å².